The van der Waals surface area contributed by atoms with Crippen LogP contribution >= 0.6 is 0 Å². The molecular weight excluding hydrogens is 416 g/mol. The van der Waals surface area contributed by atoms with Crippen LogP contribution in [-0.2, 0) is 4.79 Å². The normalized spacial score (nSPS) is 14.7. The van der Waals surface area contributed by atoms with E-state index in [2.05, 4.69) is 31.7 Å². The van der Waals surface area contributed by atoms with Gasteiger partial charge in [0.2, 0.25) is 5.95 Å². The van der Waals surface area contributed by atoms with E-state index in [4.69, 9.17) is 5.10 Å². The molecule has 0 saturated heterocycles. The van der Waals surface area contributed by atoms with Crippen molar-refractivity contribution in [2.24, 2.45) is 0 Å². The van der Waals surface area contributed by atoms with Gasteiger partial charge < -0.3 is 10.6 Å². The van der Waals surface area contributed by atoms with E-state index in [0.717, 1.165) is 11.1 Å². The van der Waals surface area contributed by atoms with Crippen molar-refractivity contribution in [3.63, 3.8) is 0 Å². The van der Waals surface area contributed by atoms with Crippen molar-refractivity contribution in [3.8, 4) is 17.5 Å². The summed E-state index contributed by atoms with van der Waals surface area (Å²) in [5.41, 5.74) is 3.88. The summed E-state index contributed by atoms with van der Waals surface area (Å²) >= 11 is 0. The van der Waals surface area contributed by atoms with Crippen LogP contribution in [0.3, 0.4) is 0 Å². The zero-order valence-corrected chi connectivity index (χ0v) is 17.6. The van der Waals surface area contributed by atoms with Crippen molar-refractivity contribution in [2.75, 3.05) is 10.6 Å². The Morgan fingerprint density at radius 1 is 1.09 bits per heavy atom. The highest BCUT2D eigenvalue weighted by Gasteiger charge is 2.34. The number of benzene rings is 1. The van der Waals surface area contributed by atoms with Gasteiger partial charge in [-0.2, -0.15) is 10.2 Å². The Labute approximate surface area is 189 Å². The third-order valence-electron chi connectivity index (χ3n) is 5.31. The number of allylic oxidation sites excluding steroid dienone is 1. The first-order valence-electron chi connectivity index (χ1n) is 10.2. The van der Waals surface area contributed by atoms with Gasteiger partial charge in [-0.05, 0) is 48.9 Å². The van der Waals surface area contributed by atoms with Crippen LogP contribution in [0.15, 0.2) is 84.6 Å². The Hall–Kier alpha value is -4.84. The van der Waals surface area contributed by atoms with Crippen molar-refractivity contribution in [1.82, 2.24) is 24.7 Å². The first kappa shape index (κ1) is 20.1. The Kier molecular flexibility index (Phi) is 5.09. The molecule has 1 atom stereocenters. The van der Waals surface area contributed by atoms with E-state index in [0.29, 0.717) is 34.3 Å². The second kappa shape index (κ2) is 8.36. The number of hydrogen-bond acceptors (Lipinski definition) is 7. The molecule has 0 bridgehead atoms. The first-order valence-corrected chi connectivity index (χ1v) is 10.2. The maximum absolute atomic E-state index is 13.4. The number of carbonyl (C=O) groups is 1. The van der Waals surface area contributed by atoms with Crippen LogP contribution < -0.4 is 10.6 Å². The molecule has 33 heavy (non-hydrogen) atoms. The molecule has 0 saturated carbocycles. The van der Waals surface area contributed by atoms with E-state index in [1.807, 2.05) is 31.2 Å². The second-order valence-corrected chi connectivity index (χ2v) is 7.44. The number of nitriles is 1. The van der Waals surface area contributed by atoms with Gasteiger partial charge in [0, 0.05) is 29.9 Å². The van der Waals surface area contributed by atoms with Gasteiger partial charge in [0.05, 0.1) is 29.1 Å². The minimum atomic E-state index is -0.547. The molecule has 4 aromatic rings. The quantitative estimate of drug-likeness (QED) is 0.504. The lowest BCUT2D eigenvalue weighted by Gasteiger charge is -2.28. The predicted octanol–water partition coefficient (Wildman–Crippen LogP) is 3.53. The van der Waals surface area contributed by atoms with Gasteiger partial charge in [0.25, 0.3) is 5.91 Å². The lowest BCUT2D eigenvalue weighted by Crippen LogP contribution is -2.31. The SMILES string of the molecule is CC1=C(C(=O)Nc2cccnc2)C(c2ccc(C#N)cc2)n2nc(-c3ccncc3)nc2N1. The molecular formula is C24H18N8O. The van der Waals surface area contributed by atoms with Gasteiger partial charge in [-0.1, -0.05) is 12.1 Å². The van der Waals surface area contributed by atoms with Crippen LogP contribution in [0.2, 0.25) is 0 Å². The number of nitrogens with one attached hydrogen (secondary N) is 2. The van der Waals surface area contributed by atoms with Crippen molar-refractivity contribution in [2.45, 2.75) is 13.0 Å². The molecule has 2 N–H and O–H groups in total. The maximum atomic E-state index is 13.4. The summed E-state index contributed by atoms with van der Waals surface area (Å²) in [6.45, 7) is 1.83. The molecule has 1 aliphatic heterocycles. The summed E-state index contributed by atoms with van der Waals surface area (Å²) in [6.07, 6.45) is 6.59. The van der Waals surface area contributed by atoms with Crippen LogP contribution in [0.1, 0.15) is 24.1 Å². The van der Waals surface area contributed by atoms with Gasteiger partial charge in [-0.15, -0.1) is 5.10 Å². The molecule has 9 heteroatoms. The van der Waals surface area contributed by atoms with E-state index in [-0.39, 0.29) is 5.91 Å². The van der Waals surface area contributed by atoms with E-state index >= 15 is 0 Å². The zero-order chi connectivity index (χ0) is 22.8. The second-order valence-electron chi connectivity index (χ2n) is 7.44. The molecule has 0 aliphatic carbocycles. The fraction of sp³-hybridized carbons (Fsp3) is 0.0833. The Bertz CT molecular complexity index is 1390. The topological polar surface area (TPSA) is 121 Å². The van der Waals surface area contributed by atoms with Crippen LogP contribution in [-0.4, -0.2) is 30.6 Å². The van der Waals surface area contributed by atoms with Gasteiger partial charge in [0.15, 0.2) is 5.82 Å². The summed E-state index contributed by atoms with van der Waals surface area (Å²) in [6, 6.07) is 15.9. The molecule has 3 aromatic heterocycles. The summed E-state index contributed by atoms with van der Waals surface area (Å²) < 4.78 is 1.70. The van der Waals surface area contributed by atoms with Crippen LogP contribution in [0.25, 0.3) is 11.4 Å². The average Bonchev–Trinajstić information content (AvgIpc) is 3.28. The molecule has 160 valence electrons. The van der Waals surface area contributed by atoms with Crippen molar-refractivity contribution in [3.05, 3.63) is 95.7 Å². The Morgan fingerprint density at radius 3 is 2.58 bits per heavy atom. The third-order valence-corrected chi connectivity index (χ3v) is 5.31. The van der Waals surface area contributed by atoms with E-state index in [1.54, 1.807) is 53.7 Å². The van der Waals surface area contributed by atoms with E-state index < -0.39 is 6.04 Å². The number of hydrogen-bond donors (Lipinski definition) is 2. The average molecular weight is 434 g/mol. The number of nitrogens with zero attached hydrogens (tertiary/aromatic N) is 6. The minimum absolute atomic E-state index is 0.283. The standard InChI is InChI=1S/C24H18N8O/c1-15-20(23(33)29-19-3-2-10-27-14-19)21(17-6-4-16(13-25)5-7-17)32-24(28-15)30-22(31-32)18-8-11-26-12-9-18/h2-12,14,21H,1H3,(H,29,33)(H,28,30,31). The molecule has 1 amide bonds. The molecule has 0 fully saturated rings. The third kappa shape index (κ3) is 3.81. The Morgan fingerprint density at radius 2 is 1.88 bits per heavy atom. The van der Waals surface area contributed by atoms with E-state index in [9.17, 15) is 10.1 Å². The lowest BCUT2D eigenvalue weighted by atomic mass is 9.94. The first-order chi connectivity index (χ1) is 16.1. The highest BCUT2D eigenvalue weighted by Crippen LogP contribution is 2.36. The van der Waals surface area contributed by atoms with E-state index in [1.165, 1.54) is 0 Å². The number of fused-ring (bicyclic) bond motifs is 1. The predicted molar refractivity (Wildman–Crippen MR) is 122 cm³/mol. The monoisotopic (exact) mass is 434 g/mol. The van der Waals surface area contributed by atoms with Gasteiger partial charge in [0.1, 0.15) is 6.04 Å². The number of anilines is 2. The smallest absolute Gasteiger partial charge is 0.255 e. The Balaban J connectivity index is 1.61. The van der Waals surface area contributed by atoms with Crippen molar-refractivity contribution in [1.29, 1.82) is 5.26 Å². The summed E-state index contributed by atoms with van der Waals surface area (Å²) in [5.74, 6) is 0.751. The largest absolute Gasteiger partial charge is 0.328 e. The highest BCUT2D eigenvalue weighted by molar-refractivity contribution is 6.05. The fourth-order valence-electron chi connectivity index (χ4n) is 3.75. The molecule has 0 radical (unpaired) electrons. The van der Waals surface area contributed by atoms with Crippen LogP contribution in [0.4, 0.5) is 11.6 Å². The van der Waals surface area contributed by atoms with Crippen LogP contribution in [0, 0.1) is 11.3 Å². The molecule has 1 aromatic carbocycles. The summed E-state index contributed by atoms with van der Waals surface area (Å²) in [5, 5.41) is 20.0. The zero-order valence-electron chi connectivity index (χ0n) is 17.6. The van der Waals surface area contributed by atoms with Crippen molar-refractivity contribution >= 4 is 17.5 Å². The van der Waals surface area contributed by atoms with Crippen molar-refractivity contribution < 1.29 is 4.79 Å². The molecule has 5 rings (SSSR count). The molecule has 1 aliphatic rings. The number of rotatable bonds is 4. The summed E-state index contributed by atoms with van der Waals surface area (Å²) in [4.78, 5) is 26.2. The number of aromatic nitrogens is 5. The number of amides is 1. The van der Waals surface area contributed by atoms with Gasteiger partial charge >= 0.3 is 0 Å². The fourth-order valence-corrected chi connectivity index (χ4v) is 3.75. The summed E-state index contributed by atoms with van der Waals surface area (Å²) in [7, 11) is 0. The number of pyridine rings is 2. The maximum Gasteiger partial charge on any atom is 0.255 e. The van der Waals surface area contributed by atoms with Gasteiger partial charge in [-0.25, -0.2) is 4.68 Å². The molecule has 9 nitrogen and oxygen atoms in total. The molecule has 4 heterocycles. The molecule has 1 unspecified atom stereocenters. The number of carbonyl (C=O) groups excluding carboxylic acids is 1. The van der Waals surface area contributed by atoms with Gasteiger partial charge in [-0.3, -0.25) is 14.8 Å². The highest BCUT2D eigenvalue weighted by atomic mass is 16.1. The molecule has 0 spiro atoms. The van der Waals surface area contributed by atoms with Crippen LogP contribution in [0.5, 0.6) is 0 Å². The minimum Gasteiger partial charge on any atom is -0.328 e. The lowest BCUT2D eigenvalue weighted by molar-refractivity contribution is -0.113.